The quantitative estimate of drug-likeness (QED) is 0.798. The van der Waals surface area contributed by atoms with Gasteiger partial charge >= 0.3 is 0 Å². The number of halogens is 2. The van der Waals surface area contributed by atoms with Crippen LogP contribution >= 0.6 is 24.8 Å². The minimum atomic E-state index is 0. The highest BCUT2D eigenvalue weighted by atomic mass is 35.5. The number of likely N-dealkylation sites (tertiary alicyclic amines) is 2. The van der Waals surface area contributed by atoms with Crippen molar-refractivity contribution in [3.05, 3.63) is 35.9 Å². The van der Waals surface area contributed by atoms with Gasteiger partial charge in [-0.1, -0.05) is 30.3 Å². The van der Waals surface area contributed by atoms with Crippen molar-refractivity contribution in [2.75, 3.05) is 45.9 Å². The van der Waals surface area contributed by atoms with Crippen LogP contribution in [-0.4, -0.2) is 67.7 Å². The van der Waals surface area contributed by atoms with Gasteiger partial charge in [0.2, 0.25) is 5.91 Å². The molecular formula is C21H33Cl2N3O2. The fraction of sp³-hybridized carbons (Fsp3) is 0.667. The molecular weight excluding hydrogens is 397 g/mol. The summed E-state index contributed by atoms with van der Waals surface area (Å²) in [5.41, 5.74) is 1.69. The second-order valence-corrected chi connectivity index (χ2v) is 8.30. The summed E-state index contributed by atoms with van der Waals surface area (Å²) in [6.07, 6.45) is 4.22. The Balaban J connectivity index is 0.00000140. The maximum atomic E-state index is 12.7. The van der Waals surface area contributed by atoms with E-state index in [0.717, 1.165) is 45.8 Å². The van der Waals surface area contributed by atoms with Gasteiger partial charge in [-0.25, -0.2) is 0 Å². The molecule has 3 aliphatic rings. The van der Waals surface area contributed by atoms with E-state index in [1.54, 1.807) is 0 Å². The average Bonchev–Trinajstić information content (AvgIpc) is 3.07. The predicted molar refractivity (Wildman–Crippen MR) is 116 cm³/mol. The summed E-state index contributed by atoms with van der Waals surface area (Å²) in [5.74, 6) is 0.296. The lowest BCUT2D eigenvalue weighted by Crippen LogP contribution is -2.47. The molecule has 0 aromatic heterocycles. The van der Waals surface area contributed by atoms with Crippen molar-refractivity contribution in [2.45, 2.75) is 38.3 Å². The van der Waals surface area contributed by atoms with E-state index < -0.39 is 0 Å². The standard InChI is InChI=1S/C21H31N3O2.2ClH/c25-20(13-19-15-26-12-9-22-19)24-11-8-21(17-24)7-4-10-23(16-21)14-18-5-2-1-3-6-18;;/h1-3,5-6,19,22H,4,7-17H2;2*1H. The van der Waals surface area contributed by atoms with Crippen LogP contribution in [0, 0.1) is 5.41 Å². The molecule has 1 spiro atoms. The molecule has 0 aliphatic carbocycles. The van der Waals surface area contributed by atoms with Crippen molar-refractivity contribution in [3.63, 3.8) is 0 Å². The summed E-state index contributed by atoms with van der Waals surface area (Å²) in [6.45, 7) is 7.46. The van der Waals surface area contributed by atoms with Crippen LogP contribution in [0.25, 0.3) is 0 Å². The number of benzene rings is 1. The molecule has 5 nitrogen and oxygen atoms in total. The van der Waals surface area contributed by atoms with Crippen LogP contribution in [0.2, 0.25) is 0 Å². The zero-order valence-corrected chi connectivity index (χ0v) is 18.1. The lowest BCUT2D eigenvalue weighted by Gasteiger charge is -2.40. The zero-order valence-electron chi connectivity index (χ0n) is 16.5. The molecule has 158 valence electrons. The summed E-state index contributed by atoms with van der Waals surface area (Å²) in [6, 6.07) is 10.9. The summed E-state index contributed by atoms with van der Waals surface area (Å²) < 4.78 is 5.49. The molecule has 1 aromatic carbocycles. The van der Waals surface area contributed by atoms with Crippen LogP contribution in [0.15, 0.2) is 30.3 Å². The molecule has 0 radical (unpaired) electrons. The van der Waals surface area contributed by atoms with Gasteiger partial charge in [-0.2, -0.15) is 0 Å². The van der Waals surface area contributed by atoms with Crippen LogP contribution in [-0.2, 0) is 16.1 Å². The first-order chi connectivity index (χ1) is 12.7. The Kier molecular flexibility index (Phi) is 9.03. The highest BCUT2D eigenvalue weighted by molar-refractivity contribution is 5.85. The molecule has 2 atom stereocenters. The summed E-state index contributed by atoms with van der Waals surface area (Å²) in [7, 11) is 0. The summed E-state index contributed by atoms with van der Waals surface area (Å²) >= 11 is 0. The second kappa shape index (κ2) is 10.8. The first kappa shape index (κ1) is 23.4. The van der Waals surface area contributed by atoms with E-state index in [-0.39, 0.29) is 30.9 Å². The van der Waals surface area contributed by atoms with E-state index in [4.69, 9.17) is 4.74 Å². The molecule has 1 N–H and O–H groups in total. The van der Waals surface area contributed by atoms with Gasteiger partial charge in [-0.05, 0) is 31.4 Å². The predicted octanol–water partition coefficient (Wildman–Crippen LogP) is 2.72. The molecule has 28 heavy (non-hydrogen) atoms. The molecule has 2 unspecified atom stereocenters. The number of rotatable bonds is 4. The van der Waals surface area contributed by atoms with Gasteiger partial charge in [0.15, 0.2) is 0 Å². The fourth-order valence-electron chi connectivity index (χ4n) is 4.86. The molecule has 4 rings (SSSR count). The Morgan fingerprint density at radius 1 is 1.14 bits per heavy atom. The van der Waals surface area contributed by atoms with Crippen molar-refractivity contribution in [1.29, 1.82) is 0 Å². The van der Waals surface area contributed by atoms with Crippen molar-refractivity contribution in [1.82, 2.24) is 15.1 Å². The van der Waals surface area contributed by atoms with Crippen LogP contribution in [0.4, 0.5) is 0 Å². The highest BCUT2D eigenvalue weighted by Gasteiger charge is 2.42. The number of amides is 1. The van der Waals surface area contributed by atoms with Gasteiger partial charge in [-0.3, -0.25) is 9.69 Å². The zero-order chi connectivity index (χ0) is 17.8. The molecule has 3 fully saturated rings. The number of hydrogen-bond donors (Lipinski definition) is 1. The van der Waals surface area contributed by atoms with Crippen molar-refractivity contribution >= 4 is 30.7 Å². The number of morpholine rings is 1. The molecule has 0 bridgehead atoms. The van der Waals surface area contributed by atoms with Crippen molar-refractivity contribution in [3.8, 4) is 0 Å². The van der Waals surface area contributed by atoms with Crippen molar-refractivity contribution < 1.29 is 9.53 Å². The Morgan fingerprint density at radius 2 is 1.96 bits per heavy atom. The SMILES string of the molecule is Cl.Cl.O=C(CC1COCCN1)N1CCC2(CCCN(Cc3ccccc3)C2)C1. The molecule has 3 aliphatic heterocycles. The normalized spacial score (nSPS) is 27.9. The molecule has 0 saturated carbocycles. The number of carbonyl (C=O) groups is 1. The second-order valence-electron chi connectivity index (χ2n) is 8.30. The van der Waals surface area contributed by atoms with Gasteiger partial charge in [0.1, 0.15) is 0 Å². The number of ether oxygens (including phenoxy) is 1. The van der Waals surface area contributed by atoms with Gasteiger partial charge < -0.3 is 15.0 Å². The average molecular weight is 430 g/mol. The number of hydrogen-bond acceptors (Lipinski definition) is 4. The molecule has 1 aromatic rings. The van der Waals surface area contributed by atoms with E-state index in [0.29, 0.717) is 24.3 Å². The summed E-state index contributed by atoms with van der Waals surface area (Å²) in [4.78, 5) is 17.4. The summed E-state index contributed by atoms with van der Waals surface area (Å²) in [5, 5.41) is 3.40. The highest BCUT2D eigenvalue weighted by Crippen LogP contribution is 2.39. The number of carbonyl (C=O) groups excluding carboxylic acids is 1. The largest absolute Gasteiger partial charge is 0.378 e. The fourth-order valence-corrected chi connectivity index (χ4v) is 4.86. The maximum absolute atomic E-state index is 12.7. The third-order valence-corrected chi connectivity index (χ3v) is 6.20. The third kappa shape index (κ3) is 5.83. The van der Waals surface area contributed by atoms with Crippen molar-refractivity contribution in [2.24, 2.45) is 5.41 Å². The molecule has 1 amide bonds. The van der Waals surface area contributed by atoms with E-state index in [1.165, 1.54) is 24.9 Å². The third-order valence-electron chi connectivity index (χ3n) is 6.20. The minimum absolute atomic E-state index is 0. The van der Waals surface area contributed by atoms with E-state index in [2.05, 4.69) is 45.4 Å². The van der Waals surface area contributed by atoms with E-state index in [1.807, 2.05) is 0 Å². The maximum Gasteiger partial charge on any atom is 0.224 e. The number of piperidine rings is 1. The van der Waals surface area contributed by atoms with Crippen LogP contribution in [0.5, 0.6) is 0 Å². The van der Waals surface area contributed by atoms with E-state index in [9.17, 15) is 4.79 Å². The minimum Gasteiger partial charge on any atom is -0.378 e. The Labute approximate surface area is 181 Å². The lowest BCUT2D eigenvalue weighted by atomic mass is 9.79. The van der Waals surface area contributed by atoms with Gasteiger partial charge in [0.05, 0.1) is 13.2 Å². The Hall–Kier alpha value is -0.850. The Morgan fingerprint density at radius 3 is 2.71 bits per heavy atom. The number of nitrogens with zero attached hydrogens (tertiary/aromatic N) is 2. The molecule has 3 saturated heterocycles. The van der Waals surface area contributed by atoms with Crippen LogP contribution in [0.3, 0.4) is 0 Å². The van der Waals surface area contributed by atoms with Gasteiger partial charge in [0, 0.05) is 50.6 Å². The monoisotopic (exact) mass is 429 g/mol. The Bertz CT molecular complexity index is 613. The topological polar surface area (TPSA) is 44.8 Å². The van der Waals surface area contributed by atoms with Crippen LogP contribution < -0.4 is 5.32 Å². The van der Waals surface area contributed by atoms with Gasteiger partial charge in [-0.15, -0.1) is 24.8 Å². The van der Waals surface area contributed by atoms with Gasteiger partial charge in [0.25, 0.3) is 0 Å². The van der Waals surface area contributed by atoms with Crippen LogP contribution in [0.1, 0.15) is 31.2 Å². The first-order valence-electron chi connectivity index (χ1n) is 10.1. The number of nitrogens with one attached hydrogen (secondary N) is 1. The molecule has 3 heterocycles. The smallest absolute Gasteiger partial charge is 0.224 e. The van der Waals surface area contributed by atoms with E-state index >= 15 is 0 Å². The lowest BCUT2D eigenvalue weighted by molar-refractivity contribution is -0.132. The first-order valence-corrected chi connectivity index (χ1v) is 10.1. The molecule has 7 heteroatoms.